The van der Waals surface area contributed by atoms with Crippen LogP contribution in [-0.2, 0) is 4.79 Å². The van der Waals surface area contributed by atoms with E-state index in [0.29, 0.717) is 5.56 Å². The van der Waals surface area contributed by atoms with Crippen LogP contribution in [0.2, 0.25) is 0 Å². The van der Waals surface area contributed by atoms with Gasteiger partial charge < -0.3 is 14.2 Å². The molecule has 4 aromatic rings. The lowest BCUT2D eigenvalue weighted by Gasteiger charge is -2.11. The summed E-state index contributed by atoms with van der Waals surface area (Å²) in [5.74, 6) is -2.22. The number of carbonyl (C=O) groups is 3. The van der Waals surface area contributed by atoms with Crippen molar-refractivity contribution in [3.05, 3.63) is 106 Å². The van der Waals surface area contributed by atoms with E-state index in [1.54, 1.807) is 18.2 Å². The molecule has 0 aliphatic heterocycles. The number of methoxy groups -OCH3 is 1. The van der Waals surface area contributed by atoms with Gasteiger partial charge in [-0.15, -0.1) is 0 Å². The van der Waals surface area contributed by atoms with Crippen molar-refractivity contribution in [2.45, 2.75) is 6.92 Å². The molecule has 0 bridgehead atoms. The first-order chi connectivity index (χ1) is 18.8. The van der Waals surface area contributed by atoms with E-state index < -0.39 is 28.5 Å². The van der Waals surface area contributed by atoms with Gasteiger partial charge >= 0.3 is 17.6 Å². The number of hydrazone groups is 1. The molecule has 4 aromatic carbocycles. The van der Waals surface area contributed by atoms with Gasteiger partial charge in [-0.3, -0.25) is 19.7 Å². The van der Waals surface area contributed by atoms with E-state index in [-0.39, 0.29) is 28.4 Å². The molecular weight excluding hydrogens is 506 g/mol. The van der Waals surface area contributed by atoms with Crippen molar-refractivity contribution in [3.8, 4) is 17.2 Å². The third-order valence-corrected chi connectivity index (χ3v) is 5.47. The predicted octanol–water partition coefficient (Wildman–Crippen LogP) is 4.67. The standard InChI is InChI=1S/C28H21N3O8/c1-17(32)38-24-14-13-19(15-25(24)37-2)28(34)39-26-20(9-6-12-23(26)31(35)36)16-29-30-27(33)22-11-5-8-18-7-3-4-10-21(18)22/h3-16H,1-2H3,(H,30,33)/b29-16+. The van der Waals surface area contributed by atoms with Gasteiger partial charge in [0.25, 0.3) is 5.91 Å². The number of ether oxygens (including phenoxy) is 3. The lowest BCUT2D eigenvalue weighted by molar-refractivity contribution is -0.385. The summed E-state index contributed by atoms with van der Waals surface area (Å²) in [6, 6.07) is 20.5. The van der Waals surface area contributed by atoms with Crippen LogP contribution in [0.4, 0.5) is 5.69 Å². The first-order valence-electron chi connectivity index (χ1n) is 11.5. The fraction of sp³-hybridized carbons (Fsp3) is 0.0714. The largest absolute Gasteiger partial charge is 0.493 e. The third-order valence-electron chi connectivity index (χ3n) is 5.47. The molecule has 4 rings (SSSR count). The van der Waals surface area contributed by atoms with Gasteiger partial charge in [0.15, 0.2) is 11.5 Å². The minimum absolute atomic E-state index is 0.0203. The van der Waals surface area contributed by atoms with Crippen molar-refractivity contribution in [2.75, 3.05) is 7.11 Å². The number of fused-ring (bicyclic) bond motifs is 1. The van der Waals surface area contributed by atoms with Crippen molar-refractivity contribution in [2.24, 2.45) is 5.10 Å². The molecule has 11 nitrogen and oxygen atoms in total. The summed E-state index contributed by atoms with van der Waals surface area (Å²) in [6.45, 7) is 1.21. The van der Waals surface area contributed by atoms with Crippen LogP contribution in [0.25, 0.3) is 10.8 Å². The number of esters is 2. The summed E-state index contributed by atoms with van der Waals surface area (Å²) in [5.41, 5.74) is 2.35. The summed E-state index contributed by atoms with van der Waals surface area (Å²) in [4.78, 5) is 47.9. The zero-order valence-electron chi connectivity index (χ0n) is 20.7. The number of carbonyl (C=O) groups excluding carboxylic acids is 3. The molecule has 0 aromatic heterocycles. The molecule has 0 atom stereocenters. The second-order valence-electron chi connectivity index (χ2n) is 8.03. The Hall–Kier alpha value is -5.58. The highest BCUT2D eigenvalue weighted by atomic mass is 16.6. The van der Waals surface area contributed by atoms with Crippen LogP contribution in [-0.4, -0.2) is 36.1 Å². The maximum atomic E-state index is 12.9. The highest BCUT2D eigenvalue weighted by Gasteiger charge is 2.23. The van der Waals surface area contributed by atoms with Gasteiger partial charge in [0.05, 0.1) is 23.8 Å². The molecule has 11 heteroatoms. The van der Waals surface area contributed by atoms with Crippen molar-refractivity contribution in [3.63, 3.8) is 0 Å². The van der Waals surface area contributed by atoms with E-state index in [1.165, 1.54) is 50.4 Å². The fourth-order valence-electron chi connectivity index (χ4n) is 3.73. The van der Waals surface area contributed by atoms with Crippen molar-refractivity contribution >= 4 is 40.5 Å². The zero-order chi connectivity index (χ0) is 27.9. The first kappa shape index (κ1) is 26.5. The Morgan fingerprint density at radius 3 is 2.41 bits per heavy atom. The maximum absolute atomic E-state index is 12.9. The lowest BCUT2D eigenvalue weighted by atomic mass is 10.0. The molecule has 1 N–H and O–H groups in total. The van der Waals surface area contributed by atoms with Crippen molar-refractivity contribution in [1.82, 2.24) is 5.43 Å². The average molecular weight is 527 g/mol. The van der Waals surface area contributed by atoms with Crippen LogP contribution >= 0.6 is 0 Å². The summed E-state index contributed by atoms with van der Waals surface area (Å²) in [7, 11) is 1.32. The Labute approximate surface area is 221 Å². The number of para-hydroxylation sites is 1. The van der Waals surface area contributed by atoms with Crippen molar-refractivity contribution in [1.29, 1.82) is 0 Å². The molecular formula is C28H21N3O8. The van der Waals surface area contributed by atoms with E-state index in [1.807, 2.05) is 24.3 Å². The molecule has 0 saturated heterocycles. The Morgan fingerprint density at radius 1 is 0.923 bits per heavy atom. The Balaban J connectivity index is 1.59. The van der Waals surface area contributed by atoms with Crippen LogP contribution in [0.1, 0.15) is 33.2 Å². The highest BCUT2D eigenvalue weighted by Crippen LogP contribution is 2.32. The molecule has 0 unspecified atom stereocenters. The zero-order valence-corrected chi connectivity index (χ0v) is 20.7. The molecule has 0 aliphatic rings. The predicted molar refractivity (Wildman–Crippen MR) is 141 cm³/mol. The second kappa shape index (κ2) is 11.6. The van der Waals surface area contributed by atoms with Gasteiger partial charge in [-0.25, -0.2) is 10.2 Å². The third kappa shape index (κ3) is 6.05. The quantitative estimate of drug-likeness (QED) is 0.114. The lowest BCUT2D eigenvalue weighted by Crippen LogP contribution is -2.18. The van der Waals surface area contributed by atoms with Crippen LogP contribution in [0, 0.1) is 10.1 Å². The number of hydrogen-bond acceptors (Lipinski definition) is 9. The fourth-order valence-corrected chi connectivity index (χ4v) is 3.73. The molecule has 0 heterocycles. The number of rotatable bonds is 8. The molecule has 1 amide bonds. The van der Waals surface area contributed by atoms with E-state index in [4.69, 9.17) is 14.2 Å². The molecule has 0 spiro atoms. The van der Waals surface area contributed by atoms with Crippen molar-refractivity contribution < 1.29 is 33.5 Å². The summed E-state index contributed by atoms with van der Waals surface area (Å²) in [6.07, 6.45) is 1.14. The smallest absolute Gasteiger partial charge is 0.343 e. The van der Waals surface area contributed by atoms with E-state index in [0.717, 1.165) is 17.0 Å². The molecule has 196 valence electrons. The minimum Gasteiger partial charge on any atom is -0.493 e. The molecule has 0 aliphatic carbocycles. The number of nitrogens with one attached hydrogen (secondary N) is 1. The van der Waals surface area contributed by atoms with Gasteiger partial charge in [-0.05, 0) is 41.1 Å². The van der Waals surface area contributed by atoms with Crippen LogP contribution in [0.3, 0.4) is 0 Å². The Morgan fingerprint density at radius 2 is 1.67 bits per heavy atom. The summed E-state index contributed by atoms with van der Waals surface area (Å²) >= 11 is 0. The summed E-state index contributed by atoms with van der Waals surface area (Å²) in [5, 5.41) is 17.2. The Kier molecular flexibility index (Phi) is 7.91. The Bertz CT molecular complexity index is 1630. The van der Waals surface area contributed by atoms with Crippen LogP contribution in [0.15, 0.2) is 84.0 Å². The number of nitro benzene ring substituents is 1. The van der Waals surface area contributed by atoms with Gasteiger partial charge in [-0.1, -0.05) is 42.5 Å². The number of amides is 1. The van der Waals surface area contributed by atoms with Gasteiger partial charge in [0.2, 0.25) is 5.75 Å². The molecule has 0 saturated carbocycles. The number of hydrogen-bond donors (Lipinski definition) is 1. The topological polar surface area (TPSA) is 146 Å². The molecule has 0 fully saturated rings. The minimum atomic E-state index is -0.939. The van der Waals surface area contributed by atoms with Gasteiger partial charge in [-0.2, -0.15) is 5.10 Å². The summed E-state index contributed by atoms with van der Waals surface area (Å²) < 4.78 is 15.6. The molecule has 39 heavy (non-hydrogen) atoms. The highest BCUT2D eigenvalue weighted by molar-refractivity contribution is 6.07. The first-order valence-corrected chi connectivity index (χ1v) is 11.5. The van der Waals surface area contributed by atoms with E-state index in [9.17, 15) is 24.5 Å². The van der Waals surface area contributed by atoms with Crippen LogP contribution < -0.4 is 19.6 Å². The molecule has 0 radical (unpaired) electrons. The SMILES string of the molecule is COc1cc(C(=O)Oc2c(/C=N/NC(=O)c3cccc4ccccc34)cccc2[N+](=O)[O-])ccc1OC(C)=O. The number of benzene rings is 4. The normalized spacial score (nSPS) is 10.7. The van der Waals surface area contributed by atoms with Crippen LogP contribution in [0.5, 0.6) is 17.2 Å². The van der Waals surface area contributed by atoms with E-state index in [2.05, 4.69) is 10.5 Å². The van der Waals surface area contributed by atoms with E-state index >= 15 is 0 Å². The van der Waals surface area contributed by atoms with Gasteiger partial charge in [0, 0.05) is 24.1 Å². The average Bonchev–Trinajstić information content (AvgIpc) is 2.93. The second-order valence-corrected chi connectivity index (χ2v) is 8.03. The number of nitrogens with zero attached hydrogens (tertiary/aromatic N) is 2. The monoisotopic (exact) mass is 527 g/mol. The number of nitro groups is 1. The maximum Gasteiger partial charge on any atom is 0.343 e. The van der Waals surface area contributed by atoms with Gasteiger partial charge in [0.1, 0.15) is 0 Å².